The number of rotatable bonds is 7. The Bertz CT molecular complexity index is 3930. The largest absolute Gasteiger partial charge is 0.332 e. The van der Waals surface area contributed by atoms with E-state index in [-0.39, 0.29) is 39.5 Å². The quantitative estimate of drug-likeness (QED) is 0.160. The molecular weight excluding hydrogens is 971 g/mol. The fourth-order valence-corrected chi connectivity index (χ4v) is 13.0. The van der Waals surface area contributed by atoms with Gasteiger partial charge >= 0.3 is 0 Å². The number of para-hydroxylation sites is 1. The van der Waals surface area contributed by atoms with E-state index < -0.39 is 0 Å². The van der Waals surface area contributed by atoms with Crippen molar-refractivity contribution in [3.8, 4) is 33.9 Å². The second-order valence-electron chi connectivity index (χ2n) is 27.3. The Labute approximate surface area is 476 Å². The minimum absolute atomic E-state index is 0.00954. The summed E-state index contributed by atoms with van der Waals surface area (Å²) in [6.07, 6.45) is 17.4. The van der Waals surface area contributed by atoms with Gasteiger partial charge in [0.2, 0.25) is 0 Å². The van der Waals surface area contributed by atoms with E-state index in [0.29, 0.717) is 11.6 Å². The fourth-order valence-electron chi connectivity index (χ4n) is 13.0. The average Bonchev–Trinajstić information content (AvgIpc) is 4.17. The molecule has 1 aliphatic heterocycles. The number of aryl methyl sites for hydroxylation is 2. The van der Waals surface area contributed by atoms with Crippen LogP contribution in [0.4, 0.5) is 11.4 Å². The zero-order valence-corrected chi connectivity index (χ0v) is 49.8. The van der Waals surface area contributed by atoms with Crippen molar-refractivity contribution in [3.05, 3.63) is 225 Å². The van der Waals surface area contributed by atoms with Gasteiger partial charge in [0.05, 0.1) is 23.2 Å². The molecule has 0 spiro atoms. The third kappa shape index (κ3) is 9.34. The summed E-state index contributed by atoms with van der Waals surface area (Å²) in [5.41, 5.74) is 23.5. The van der Waals surface area contributed by atoms with Crippen LogP contribution in [-0.2, 0) is 17.3 Å². The van der Waals surface area contributed by atoms with Crippen molar-refractivity contribution in [1.82, 2.24) is 19.5 Å². The van der Waals surface area contributed by atoms with Crippen molar-refractivity contribution in [2.45, 2.75) is 145 Å². The van der Waals surface area contributed by atoms with Gasteiger partial charge in [0, 0.05) is 56.2 Å². The maximum absolute atomic E-state index is 5.91. The SMILES string of the molecule is Cc1ccccc1C1=C(n2c3c(c4cc(C(C)(C)C)ccc42)C=C(C(C)(C)C)CC3)C(c2nc(-c3ccccc3)nc(-c3cccc(-c4ccccc4C)c3N3c4ccc(C(C)(C)C)cc4C4C=C(C(C)(C)C)C=CC43)n2)CC=C1. The number of fused-ring (bicyclic) bond motifs is 6. The summed E-state index contributed by atoms with van der Waals surface area (Å²) in [5, 5.41) is 1.30. The van der Waals surface area contributed by atoms with Gasteiger partial charge in [0.1, 0.15) is 5.82 Å². The molecule has 12 rings (SSSR count). The summed E-state index contributed by atoms with van der Waals surface area (Å²) in [4.78, 5) is 19.9. The van der Waals surface area contributed by atoms with Crippen molar-refractivity contribution in [2.24, 2.45) is 10.8 Å². The molecule has 3 aliphatic carbocycles. The van der Waals surface area contributed by atoms with Crippen LogP contribution in [-0.4, -0.2) is 25.6 Å². The lowest BCUT2D eigenvalue weighted by Crippen LogP contribution is -2.31. The molecule has 0 fully saturated rings. The number of hydrogen-bond acceptors (Lipinski definition) is 4. The number of nitrogens with zero attached hydrogens (tertiary/aromatic N) is 5. The fraction of sp³-hybridized carbons (Fsp3) is 0.320. The lowest BCUT2D eigenvalue weighted by atomic mass is 9.77. The van der Waals surface area contributed by atoms with Crippen molar-refractivity contribution >= 4 is 39.6 Å². The summed E-state index contributed by atoms with van der Waals surface area (Å²) in [6.45, 7) is 32.5. The number of hydrogen-bond donors (Lipinski definition) is 0. The Balaban J connectivity index is 1.15. The van der Waals surface area contributed by atoms with Crippen LogP contribution in [0.5, 0.6) is 0 Å². The molecule has 3 atom stereocenters. The second-order valence-corrected chi connectivity index (χ2v) is 27.3. The molecule has 0 saturated heterocycles. The highest BCUT2D eigenvalue weighted by molar-refractivity contribution is 6.02. The lowest BCUT2D eigenvalue weighted by molar-refractivity contribution is 0.483. The molecule has 0 saturated carbocycles. The van der Waals surface area contributed by atoms with Crippen molar-refractivity contribution < 1.29 is 0 Å². The van der Waals surface area contributed by atoms with Gasteiger partial charge in [-0.2, -0.15) is 0 Å². The molecule has 3 unspecified atom stereocenters. The first-order valence-corrected chi connectivity index (χ1v) is 29.3. The first kappa shape index (κ1) is 53.0. The molecule has 0 amide bonds. The first-order chi connectivity index (χ1) is 38.0. The molecule has 0 bridgehead atoms. The highest BCUT2D eigenvalue weighted by Crippen LogP contribution is 2.56. The lowest BCUT2D eigenvalue weighted by Gasteiger charge is -2.34. The Hall–Kier alpha value is -7.63. The zero-order valence-electron chi connectivity index (χ0n) is 49.8. The smallest absolute Gasteiger partial charge is 0.165 e. The normalized spacial score (nSPS) is 18.3. The van der Waals surface area contributed by atoms with Crippen LogP contribution in [0.3, 0.4) is 0 Å². The first-order valence-electron chi connectivity index (χ1n) is 29.3. The van der Waals surface area contributed by atoms with Crippen molar-refractivity contribution in [1.29, 1.82) is 0 Å². The highest BCUT2D eigenvalue weighted by atomic mass is 15.2. The van der Waals surface area contributed by atoms with E-state index in [1.807, 2.05) is 0 Å². The number of benzene rings is 6. The maximum atomic E-state index is 5.91. The van der Waals surface area contributed by atoms with E-state index in [2.05, 4.69) is 276 Å². The van der Waals surface area contributed by atoms with Crippen LogP contribution in [0.1, 0.15) is 158 Å². The summed E-state index contributed by atoms with van der Waals surface area (Å²) in [6, 6.07) is 49.6. The summed E-state index contributed by atoms with van der Waals surface area (Å²) < 4.78 is 2.65. The van der Waals surface area contributed by atoms with Gasteiger partial charge in [0.25, 0.3) is 0 Å². The third-order valence-electron chi connectivity index (χ3n) is 17.7. The Kier molecular flexibility index (Phi) is 13.0. The molecule has 2 aromatic heterocycles. The highest BCUT2D eigenvalue weighted by Gasteiger charge is 2.43. The Morgan fingerprint density at radius 2 is 1.19 bits per heavy atom. The number of anilines is 2. The van der Waals surface area contributed by atoms with Gasteiger partial charge in [-0.15, -0.1) is 0 Å². The summed E-state index contributed by atoms with van der Waals surface area (Å²) in [5.74, 6) is 2.00. The summed E-state index contributed by atoms with van der Waals surface area (Å²) in [7, 11) is 0. The van der Waals surface area contributed by atoms with Crippen LogP contribution < -0.4 is 4.90 Å². The second kappa shape index (κ2) is 19.6. The van der Waals surface area contributed by atoms with Gasteiger partial charge in [-0.1, -0.05) is 234 Å². The molecule has 3 heterocycles. The minimum Gasteiger partial charge on any atom is -0.332 e. The summed E-state index contributed by atoms with van der Waals surface area (Å²) >= 11 is 0. The van der Waals surface area contributed by atoms with E-state index in [1.54, 1.807) is 0 Å². The zero-order chi connectivity index (χ0) is 56.2. The van der Waals surface area contributed by atoms with Crippen LogP contribution >= 0.6 is 0 Å². The molecule has 8 aromatic rings. The predicted octanol–water partition coefficient (Wildman–Crippen LogP) is 19.7. The molecule has 5 heteroatoms. The molecule has 0 N–H and O–H groups in total. The van der Waals surface area contributed by atoms with Crippen LogP contribution in [0.2, 0.25) is 0 Å². The van der Waals surface area contributed by atoms with E-state index in [1.165, 1.54) is 89.2 Å². The molecular formula is C75H79N5. The minimum atomic E-state index is -0.230. The van der Waals surface area contributed by atoms with Crippen LogP contribution in [0.25, 0.3) is 62.2 Å². The Morgan fingerprint density at radius 1 is 0.550 bits per heavy atom. The van der Waals surface area contributed by atoms with Gasteiger partial charge in [-0.3, -0.25) is 0 Å². The van der Waals surface area contributed by atoms with E-state index in [0.717, 1.165) is 47.5 Å². The van der Waals surface area contributed by atoms with E-state index in [9.17, 15) is 0 Å². The Morgan fingerprint density at radius 3 is 1.88 bits per heavy atom. The maximum Gasteiger partial charge on any atom is 0.165 e. The van der Waals surface area contributed by atoms with Gasteiger partial charge in [-0.25, -0.2) is 15.0 Å². The van der Waals surface area contributed by atoms with Crippen molar-refractivity contribution in [3.63, 3.8) is 0 Å². The van der Waals surface area contributed by atoms with Gasteiger partial charge in [0.15, 0.2) is 11.6 Å². The predicted molar refractivity (Wildman–Crippen MR) is 339 cm³/mol. The topological polar surface area (TPSA) is 46.8 Å². The van der Waals surface area contributed by atoms with Crippen molar-refractivity contribution in [2.75, 3.05) is 4.90 Å². The molecule has 4 aliphatic rings. The standard InChI is InChI=1S/C75H79N5/c1-46-24-18-20-28-53(46)55-30-22-32-57(67(55)79-63-38-34-49(72(3,4)5)42-59(63)60-43-50(73(6,7)8)35-39-64(60)79)70-76-69(48-26-16-15-17-27-48)77-71(78-70)58-33-23-31-56(54-29-21-19-25-47(54)2)68(58)80-65-40-36-51(74(9,10)11)44-61(65)62-45-52(75(12,13)14)37-41-66(62)80/h15-32,34-36,38-40,42-45,58-59,63H,33,37,41H2,1-14H3. The molecule has 0 radical (unpaired) electrons. The van der Waals surface area contributed by atoms with Crippen LogP contribution in [0, 0.1) is 24.7 Å². The number of aromatic nitrogens is 4. The van der Waals surface area contributed by atoms with E-state index in [4.69, 9.17) is 15.0 Å². The van der Waals surface area contributed by atoms with Crippen LogP contribution in [0.15, 0.2) is 175 Å². The number of allylic oxidation sites excluding steroid dienone is 7. The van der Waals surface area contributed by atoms with Gasteiger partial charge in [-0.05, 0) is 124 Å². The van der Waals surface area contributed by atoms with E-state index >= 15 is 0 Å². The molecule has 404 valence electrons. The van der Waals surface area contributed by atoms with Gasteiger partial charge < -0.3 is 9.47 Å². The molecule has 6 aromatic carbocycles. The third-order valence-corrected chi connectivity index (χ3v) is 17.7. The monoisotopic (exact) mass is 1050 g/mol. The average molecular weight is 1050 g/mol. The molecule has 5 nitrogen and oxygen atoms in total. The molecule has 80 heavy (non-hydrogen) atoms.